The van der Waals surface area contributed by atoms with E-state index in [0.717, 1.165) is 26.2 Å². The van der Waals surface area contributed by atoms with Gasteiger partial charge in [-0.25, -0.2) is 0 Å². The minimum atomic E-state index is 0. The van der Waals surface area contributed by atoms with Gasteiger partial charge in [-0.1, -0.05) is 91.8 Å². The molecule has 0 spiro atoms. The van der Waals surface area contributed by atoms with E-state index in [1.54, 1.807) is 0 Å². The molecule has 2 aromatic carbocycles. The van der Waals surface area contributed by atoms with Crippen LogP contribution in [0.2, 0.25) is 0 Å². The van der Waals surface area contributed by atoms with E-state index < -0.39 is 0 Å². The van der Waals surface area contributed by atoms with Crippen molar-refractivity contribution in [2.24, 2.45) is 0 Å². The summed E-state index contributed by atoms with van der Waals surface area (Å²) in [5.41, 5.74) is 8.38. The van der Waals surface area contributed by atoms with Gasteiger partial charge < -0.3 is 40.3 Å². The molecule has 0 aliphatic rings. The molecule has 0 aromatic heterocycles. The minimum Gasteiger partial charge on any atom is -1.00 e. The van der Waals surface area contributed by atoms with Crippen molar-refractivity contribution >= 4 is 11.4 Å². The number of halogens is 2. The van der Waals surface area contributed by atoms with Gasteiger partial charge in [0, 0.05) is 37.6 Å². The predicted octanol–water partition coefficient (Wildman–Crippen LogP) is 1.64. The number of hydrogen-bond acceptors (Lipinski definition) is 3. The third-order valence-electron chi connectivity index (χ3n) is 6.34. The molecule has 6 heteroatoms. The molecule has 0 heterocycles. The van der Waals surface area contributed by atoms with Crippen molar-refractivity contribution in [3.63, 3.8) is 0 Å². The van der Waals surface area contributed by atoms with Crippen LogP contribution in [0.3, 0.4) is 0 Å². The molecule has 3 nitrogen and oxygen atoms in total. The second kappa shape index (κ2) is 17.6. The van der Waals surface area contributed by atoms with Crippen LogP contribution in [-0.4, -0.2) is 38.1 Å². The van der Waals surface area contributed by atoms with Crippen LogP contribution in [0.4, 0.5) is 11.4 Å². The second-order valence-corrected chi connectivity index (χ2v) is 10.4. The van der Waals surface area contributed by atoms with Crippen LogP contribution in [0.5, 0.6) is 0 Å². The summed E-state index contributed by atoms with van der Waals surface area (Å²) < 4.78 is 0. The molecule has 0 amide bonds. The fourth-order valence-electron chi connectivity index (χ4n) is 4.37. The molecule has 0 unspecified atom stereocenters. The second-order valence-electron chi connectivity index (χ2n) is 10.4. The van der Waals surface area contributed by atoms with E-state index in [1.807, 2.05) is 0 Å². The Balaban J connectivity index is 0. The number of para-hydroxylation sites is 2. The van der Waals surface area contributed by atoms with E-state index in [1.165, 1.54) is 33.6 Å². The van der Waals surface area contributed by atoms with Crippen LogP contribution in [-0.2, 0) is 19.8 Å². The number of likely N-dealkylation sites (N-methyl/N-ethyl adjacent to an activating group) is 1. The fourth-order valence-corrected chi connectivity index (χ4v) is 4.37. The molecular weight excluding hydrogens is 651 g/mol. The molecule has 0 fully saturated rings. The van der Waals surface area contributed by atoms with Crippen molar-refractivity contribution in [2.45, 2.75) is 79.1 Å². The van der Waals surface area contributed by atoms with Gasteiger partial charge in [-0.05, 0) is 53.0 Å². The van der Waals surface area contributed by atoms with E-state index in [-0.39, 0.29) is 44.6 Å². The Hall–Kier alpha value is -0.784. The Morgan fingerprint density at radius 2 is 0.829 bits per heavy atom. The van der Waals surface area contributed by atoms with Gasteiger partial charge in [0.2, 0.25) is 0 Å². The largest absolute Gasteiger partial charge is 2.00 e. The Labute approximate surface area is 241 Å². The molecule has 0 bridgehead atoms. The molecule has 0 saturated carbocycles. The van der Waals surface area contributed by atoms with E-state index in [4.69, 9.17) is 0 Å². The van der Waals surface area contributed by atoms with Crippen LogP contribution in [0.15, 0.2) is 36.4 Å². The Morgan fingerprint density at radius 3 is 1.06 bits per heavy atom. The van der Waals surface area contributed by atoms with Gasteiger partial charge in [0.25, 0.3) is 0 Å². The summed E-state index contributed by atoms with van der Waals surface area (Å²) in [7, 11) is 2.22. The summed E-state index contributed by atoms with van der Waals surface area (Å²) in [6, 6.07) is 13.5. The van der Waals surface area contributed by atoms with E-state index in [0.29, 0.717) is 23.7 Å². The van der Waals surface area contributed by atoms with Gasteiger partial charge in [-0.2, -0.15) is 0 Å². The van der Waals surface area contributed by atoms with Crippen LogP contribution >= 0.6 is 0 Å². The van der Waals surface area contributed by atoms with Crippen LogP contribution in [0.25, 0.3) is 0 Å². The van der Waals surface area contributed by atoms with Gasteiger partial charge in [0.05, 0.1) is 0 Å². The first-order chi connectivity index (χ1) is 15.1. The standard InChI is InChI=1S/C29H47N3.2ClH.Os/c1-20(2)24-12-10-13-25(21(3)4)28(24)30-16-18-32(9)19-17-31-29-26(22(5)6)14-11-15-27(29)23(7)8;;;/h10-15,20-23,30-31H,16-19H2,1-9H3;2*1H;/q;;;+2/p-2. The normalized spacial score (nSPS) is 10.9. The van der Waals surface area contributed by atoms with Crippen molar-refractivity contribution in [3.8, 4) is 0 Å². The van der Waals surface area contributed by atoms with E-state index in [2.05, 4.69) is 114 Å². The molecule has 0 saturated heterocycles. The molecule has 0 aliphatic heterocycles. The summed E-state index contributed by atoms with van der Waals surface area (Å²) in [5, 5.41) is 7.54. The van der Waals surface area contributed by atoms with Crippen molar-refractivity contribution < 1.29 is 44.6 Å². The summed E-state index contributed by atoms with van der Waals surface area (Å²) in [5.74, 6) is 2.09. The maximum absolute atomic E-state index is 3.77. The number of hydrogen-bond donors (Lipinski definition) is 2. The zero-order valence-corrected chi connectivity index (χ0v) is 27.2. The molecular formula is C29H47Cl2N3Os. The van der Waals surface area contributed by atoms with Crippen molar-refractivity contribution in [3.05, 3.63) is 58.7 Å². The molecule has 200 valence electrons. The Kier molecular flexibility index (Phi) is 18.3. The molecule has 0 radical (unpaired) electrons. The number of anilines is 2. The van der Waals surface area contributed by atoms with E-state index >= 15 is 0 Å². The first-order valence-corrected chi connectivity index (χ1v) is 12.5. The fraction of sp³-hybridized carbons (Fsp3) is 0.586. The molecule has 35 heavy (non-hydrogen) atoms. The zero-order chi connectivity index (χ0) is 23.8. The van der Waals surface area contributed by atoms with Crippen molar-refractivity contribution in [1.82, 2.24) is 4.90 Å². The summed E-state index contributed by atoms with van der Waals surface area (Å²) in [6.45, 7) is 22.2. The van der Waals surface area contributed by atoms with Gasteiger partial charge >= 0.3 is 19.8 Å². The smallest absolute Gasteiger partial charge is 1.00 e. The first-order valence-electron chi connectivity index (χ1n) is 12.5. The van der Waals surface area contributed by atoms with Gasteiger partial charge in [-0.15, -0.1) is 0 Å². The SMILES string of the molecule is CC(C)c1cccc(C(C)C)c1NCCN(C)CCNc1c(C(C)C)cccc1C(C)C.[Cl-].[Cl-].[Os+2]. The van der Waals surface area contributed by atoms with Crippen LogP contribution < -0.4 is 35.4 Å². The average molecular weight is 699 g/mol. The topological polar surface area (TPSA) is 27.3 Å². The van der Waals surface area contributed by atoms with Gasteiger partial charge in [0.15, 0.2) is 0 Å². The third kappa shape index (κ3) is 10.6. The molecule has 0 aliphatic carbocycles. The summed E-state index contributed by atoms with van der Waals surface area (Å²) >= 11 is 0. The van der Waals surface area contributed by atoms with Crippen LogP contribution in [0.1, 0.15) is 101 Å². The van der Waals surface area contributed by atoms with E-state index in [9.17, 15) is 0 Å². The quantitative estimate of drug-likeness (QED) is 0.354. The molecule has 2 rings (SSSR count). The molecule has 2 N–H and O–H groups in total. The zero-order valence-electron chi connectivity index (χ0n) is 23.2. The summed E-state index contributed by atoms with van der Waals surface area (Å²) in [6.07, 6.45) is 0. The maximum atomic E-state index is 3.77. The van der Waals surface area contributed by atoms with Crippen molar-refractivity contribution in [2.75, 3.05) is 43.9 Å². The predicted molar refractivity (Wildman–Crippen MR) is 144 cm³/mol. The van der Waals surface area contributed by atoms with Gasteiger partial charge in [0.1, 0.15) is 0 Å². The van der Waals surface area contributed by atoms with Crippen molar-refractivity contribution in [1.29, 1.82) is 0 Å². The number of benzene rings is 2. The van der Waals surface area contributed by atoms with Crippen LogP contribution in [0, 0.1) is 0 Å². The Morgan fingerprint density at radius 1 is 0.571 bits per heavy atom. The maximum Gasteiger partial charge on any atom is 2.00 e. The number of nitrogens with one attached hydrogen (secondary N) is 2. The molecule has 0 atom stereocenters. The average Bonchev–Trinajstić information content (AvgIpc) is 2.73. The summed E-state index contributed by atoms with van der Waals surface area (Å²) in [4.78, 5) is 2.42. The number of rotatable bonds is 12. The third-order valence-corrected chi connectivity index (χ3v) is 6.34. The number of nitrogens with zero attached hydrogens (tertiary/aromatic N) is 1. The Bertz CT molecular complexity index is 732. The minimum absolute atomic E-state index is 0. The van der Waals surface area contributed by atoms with Gasteiger partial charge in [-0.3, -0.25) is 0 Å². The monoisotopic (exact) mass is 699 g/mol. The first kappa shape index (κ1) is 36.4. The molecule has 2 aromatic rings.